The molecule has 0 saturated carbocycles. The summed E-state index contributed by atoms with van der Waals surface area (Å²) in [7, 11) is -1.65. The van der Waals surface area contributed by atoms with Crippen molar-refractivity contribution in [1.82, 2.24) is 9.47 Å². The van der Waals surface area contributed by atoms with Crippen molar-refractivity contribution in [3.05, 3.63) is 72.1 Å². The molecule has 0 bridgehead atoms. The lowest BCUT2D eigenvalue weighted by Gasteiger charge is -2.15. The molecule has 0 radical (unpaired) electrons. The Balaban J connectivity index is 2.13. The Labute approximate surface area is 171 Å². The van der Waals surface area contributed by atoms with Crippen LogP contribution in [0, 0.1) is 6.92 Å². The zero-order valence-corrected chi connectivity index (χ0v) is 17.6. The number of carbonyl (C=O) groups is 1. The fraction of sp³-hybridized carbons (Fsp3) is 0.227. The molecule has 3 rings (SSSR count). The van der Waals surface area contributed by atoms with Gasteiger partial charge in [0.05, 0.1) is 4.90 Å². The minimum atomic E-state index is -3.31. The van der Waals surface area contributed by atoms with Crippen LogP contribution in [0.15, 0.2) is 65.7 Å². The van der Waals surface area contributed by atoms with Crippen molar-refractivity contribution >= 4 is 15.9 Å². The van der Waals surface area contributed by atoms with E-state index in [0.29, 0.717) is 13.0 Å². The lowest BCUT2D eigenvalue weighted by molar-refractivity contribution is 0.219. The smallest absolute Gasteiger partial charge is 0.314 e. The third kappa shape index (κ3) is 4.51. The van der Waals surface area contributed by atoms with Gasteiger partial charge in [-0.05, 0) is 48.7 Å². The number of nitrogens with two attached hydrogens (primary N) is 1. The fourth-order valence-corrected chi connectivity index (χ4v) is 4.02. The van der Waals surface area contributed by atoms with Gasteiger partial charge in [0.25, 0.3) is 0 Å². The minimum absolute atomic E-state index is 0.278. The van der Waals surface area contributed by atoms with E-state index in [-0.39, 0.29) is 4.90 Å². The van der Waals surface area contributed by atoms with Crippen molar-refractivity contribution < 1.29 is 13.2 Å². The zero-order valence-electron chi connectivity index (χ0n) is 16.8. The van der Waals surface area contributed by atoms with Crippen LogP contribution < -0.4 is 5.73 Å². The van der Waals surface area contributed by atoms with Crippen LogP contribution in [0.4, 0.5) is 4.79 Å². The molecule has 0 atom stereocenters. The van der Waals surface area contributed by atoms with E-state index in [1.54, 1.807) is 25.2 Å². The largest absolute Gasteiger partial charge is 0.351 e. The van der Waals surface area contributed by atoms with E-state index in [1.165, 1.54) is 11.2 Å². The van der Waals surface area contributed by atoms with E-state index in [0.717, 1.165) is 28.1 Å². The molecular weight excluding hydrogens is 386 g/mol. The van der Waals surface area contributed by atoms with E-state index in [1.807, 2.05) is 49.5 Å². The normalized spacial score (nSPS) is 11.4. The van der Waals surface area contributed by atoms with Crippen LogP contribution in [-0.4, -0.2) is 43.8 Å². The SMILES string of the molecule is Cc1c(CCN(C)C(N)=O)c(-c2cccc(S(C)(=O)=O)c2)cn1-c1ccccc1. The molecule has 3 aromatic rings. The van der Waals surface area contributed by atoms with E-state index in [9.17, 15) is 13.2 Å². The lowest BCUT2D eigenvalue weighted by Crippen LogP contribution is -2.33. The highest BCUT2D eigenvalue weighted by Gasteiger charge is 2.18. The number of nitrogens with zero attached hydrogens (tertiary/aromatic N) is 2. The molecule has 0 unspecified atom stereocenters. The Kier molecular flexibility index (Phi) is 5.79. The molecular formula is C22H25N3O3S. The van der Waals surface area contributed by atoms with Gasteiger partial charge in [-0.2, -0.15) is 0 Å². The lowest BCUT2D eigenvalue weighted by atomic mass is 10.0. The summed E-state index contributed by atoms with van der Waals surface area (Å²) in [5.74, 6) is 0. The van der Waals surface area contributed by atoms with E-state index >= 15 is 0 Å². The molecule has 0 saturated heterocycles. The molecule has 2 amide bonds. The maximum atomic E-state index is 12.0. The topological polar surface area (TPSA) is 85.4 Å². The van der Waals surface area contributed by atoms with Crippen LogP contribution in [0.2, 0.25) is 0 Å². The van der Waals surface area contributed by atoms with Crippen molar-refractivity contribution in [3.63, 3.8) is 0 Å². The van der Waals surface area contributed by atoms with E-state index in [2.05, 4.69) is 4.57 Å². The highest BCUT2D eigenvalue weighted by molar-refractivity contribution is 7.90. The Hall–Kier alpha value is -3.06. The van der Waals surface area contributed by atoms with Crippen LogP contribution in [0.25, 0.3) is 16.8 Å². The number of hydrogen-bond acceptors (Lipinski definition) is 3. The molecule has 29 heavy (non-hydrogen) atoms. The second-order valence-corrected chi connectivity index (χ2v) is 9.14. The molecule has 7 heteroatoms. The molecule has 0 aliphatic carbocycles. The number of sulfone groups is 1. The number of amides is 2. The monoisotopic (exact) mass is 411 g/mol. The highest BCUT2D eigenvalue weighted by atomic mass is 32.2. The average Bonchev–Trinajstić information content (AvgIpc) is 3.02. The molecule has 2 aromatic carbocycles. The summed E-state index contributed by atoms with van der Waals surface area (Å²) in [4.78, 5) is 13.2. The summed E-state index contributed by atoms with van der Waals surface area (Å²) in [5.41, 5.74) is 10.2. The van der Waals surface area contributed by atoms with Gasteiger partial charge in [-0.15, -0.1) is 0 Å². The Bertz CT molecular complexity index is 1140. The molecule has 1 aromatic heterocycles. The van der Waals surface area contributed by atoms with Crippen LogP contribution in [0.5, 0.6) is 0 Å². The number of likely N-dealkylation sites (N-methyl/N-ethyl adjacent to an activating group) is 1. The Morgan fingerprint density at radius 3 is 2.41 bits per heavy atom. The van der Waals surface area contributed by atoms with Crippen LogP contribution in [0.3, 0.4) is 0 Å². The molecule has 2 N–H and O–H groups in total. The van der Waals surface area contributed by atoms with Crippen molar-refractivity contribution in [3.8, 4) is 16.8 Å². The summed E-state index contributed by atoms with van der Waals surface area (Å²) >= 11 is 0. The van der Waals surface area contributed by atoms with Gasteiger partial charge in [-0.25, -0.2) is 13.2 Å². The first-order valence-corrected chi connectivity index (χ1v) is 11.1. The maximum absolute atomic E-state index is 12.0. The molecule has 0 fully saturated rings. The van der Waals surface area contributed by atoms with E-state index < -0.39 is 15.9 Å². The molecule has 0 aliphatic heterocycles. The van der Waals surface area contributed by atoms with Gasteiger partial charge in [-0.1, -0.05) is 30.3 Å². The first kappa shape index (κ1) is 20.7. The second kappa shape index (κ2) is 8.13. The molecule has 6 nitrogen and oxygen atoms in total. The summed E-state index contributed by atoms with van der Waals surface area (Å²) in [6.45, 7) is 2.49. The number of aromatic nitrogens is 1. The minimum Gasteiger partial charge on any atom is -0.351 e. The highest BCUT2D eigenvalue weighted by Crippen LogP contribution is 2.32. The van der Waals surface area contributed by atoms with Gasteiger partial charge in [-0.3, -0.25) is 0 Å². The predicted octanol–water partition coefficient (Wildman–Crippen LogP) is 3.41. The molecule has 152 valence electrons. The standard InChI is InChI=1S/C22H25N3O3S/c1-16-20(12-13-24(2)22(23)26)21(15-25(16)18-9-5-4-6-10-18)17-8-7-11-19(14-17)29(3,27)28/h4-11,14-15H,12-13H2,1-3H3,(H2,23,26). The molecule has 0 aliphatic rings. The van der Waals surface area contributed by atoms with Gasteiger partial charge in [0.15, 0.2) is 9.84 Å². The first-order chi connectivity index (χ1) is 13.7. The van der Waals surface area contributed by atoms with Gasteiger partial charge < -0.3 is 15.2 Å². The van der Waals surface area contributed by atoms with Gasteiger partial charge >= 0.3 is 6.03 Å². The summed E-state index contributed by atoms with van der Waals surface area (Å²) < 4.78 is 26.1. The van der Waals surface area contributed by atoms with Gasteiger partial charge in [0.2, 0.25) is 0 Å². The number of benzene rings is 2. The summed E-state index contributed by atoms with van der Waals surface area (Å²) in [5, 5.41) is 0. The summed E-state index contributed by atoms with van der Waals surface area (Å²) in [6, 6.07) is 16.4. The number of carbonyl (C=O) groups excluding carboxylic acids is 1. The summed E-state index contributed by atoms with van der Waals surface area (Å²) in [6.07, 6.45) is 3.82. The number of primary amides is 1. The van der Waals surface area contributed by atoms with Crippen molar-refractivity contribution in [2.75, 3.05) is 19.8 Å². The quantitative estimate of drug-likeness (QED) is 0.674. The number of para-hydroxylation sites is 1. The number of hydrogen-bond donors (Lipinski definition) is 1. The second-order valence-electron chi connectivity index (χ2n) is 7.12. The van der Waals surface area contributed by atoms with E-state index in [4.69, 9.17) is 5.73 Å². The fourth-order valence-electron chi connectivity index (χ4n) is 3.35. The molecule has 1 heterocycles. The zero-order chi connectivity index (χ0) is 21.2. The number of rotatable bonds is 6. The maximum Gasteiger partial charge on any atom is 0.314 e. The Morgan fingerprint density at radius 1 is 1.10 bits per heavy atom. The average molecular weight is 412 g/mol. The van der Waals surface area contributed by atoms with Crippen molar-refractivity contribution in [1.29, 1.82) is 0 Å². The van der Waals surface area contributed by atoms with Crippen LogP contribution in [-0.2, 0) is 16.3 Å². The van der Waals surface area contributed by atoms with Crippen LogP contribution >= 0.6 is 0 Å². The van der Waals surface area contributed by atoms with Crippen molar-refractivity contribution in [2.45, 2.75) is 18.2 Å². The molecule has 0 spiro atoms. The van der Waals surface area contributed by atoms with Gasteiger partial charge in [0, 0.05) is 43.0 Å². The van der Waals surface area contributed by atoms with Crippen molar-refractivity contribution in [2.24, 2.45) is 5.73 Å². The number of urea groups is 1. The van der Waals surface area contributed by atoms with Gasteiger partial charge in [0.1, 0.15) is 0 Å². The predicted molar refractivity (Wildman–Crippen MR) is 115 cm³/mol. The third-order valence-electron chi connectivity index (χ3n) is 5.06. The Morgan fingerprint density at radius 2 is 1.79 bits per heavy atom. The third-order valence-corrected chi connectivity index (χ3v) is 6.17. The first-order valence-electron chi connectivity index (χ1n) is 9.26. The van der Waals surface area contributed by atoms with Crippen LogP contribution in [0.1, 0.15) is 11.3 Å².